The first kappa shape index (κ1) is 21.5. The fraction of sp³-hybridized carbons (Fsp3) is 0.222. The summed E-state index contributed by atoms with van der Waals surface area (Å²) >= 11 is 0. The van der Waals surface area contributed by atoms with Crippen molar-refractivity contribution in [1.29, 1.82) is 0 Å². The van der Waals surface area contributed by atoms with Gasteiger partial charge in [0.15, 0.2) is 6.10 Å². The number of carbonyl (C=O) groups is 3. The van der Waals surface area contributed by atoms with Gasteiger partial charge >= 0.3 is 5.97 Å². The maximum Gasteiger partial charge on any atom is 0.339 e. The van der Waals surface area contributed by atoms with Crippen molar-refractivity contribution in [3.63, 3.8) is 0 Å². The Bertz CT molecular complexity index is 1170. The van der Waals surface area contributed by atoms with E-state index in [1.165, 1.54) is 16.0 Å². The van der Waals surface area contributed by atoms with Crippen molar-refractivity contribution in [2.24, 2.45) is 0 Å². The lowest BCUT2D eigenvalue weighted by Gasteiger charge is -2.19. The summed E-state index contributed by atoms with van der Waals surface area (Å²) in [4.78, 5) is 40.3. The zero-order chi connectivity index (χ0) is 22.7. The van der Waals surface area contributed by atoms with Gasteiger partial charge in [-0.2, -0.15) is 0 Å². The number of para-hydroxylation sites is 1. The van der Waals surface area contributed by atoms with E-state index in [4.69, 9.17) is 4.74 Å². The van der Waals surface area contributed by atoms with Crippen LogP contribution in [0.4, 0.5) is 5.69 Å². The first-order valence-electron chi connectivity index (χ1n) is 10.7. The molecule has 0 N–H and O–H groups in total. The fourth-order valence-electron chi connectivity index (χ4n) is 4.03. The molecule has 0 bridgehead atoms. The molecule has 5 heteroatoms. The van der Waals surface area contributed by atoms with Crippen LogP contribution in [-0.4, -0.2) is 30.8 Å². The van der Waals surface area contributed by atoms with Crippen LogP contribution in [0, 0.1) is 0 Å². The standard InChI is InChI=1S/C27H25NO4/c1-18(25(29)21-16-15-19-9-8-10-20(19)17-21)32-27(31)24-14-7-6-13-23(24)26(30)28(2)22-11-4-3-5-12-22/h3-7,11-18H,8-10H2,1-2H3. The number of nitrogens with zero attached hydrogens (tertiary/aromatic N) is 1. The van der Waals surface area contributed by atoms with Gasteiger partial charge < -0.3 is 9.64 Å². The molecule has 0 aliphatic heterocycles. The van der Waals surface area contributed by atoms with Gasteiger partial charge in [-0.15, -0.1) is 0 Å². The first-order valence-corrected chi connectivity index (χ1v) is 10.7. The molecule has 1 aliphatic rings. The van der Waals surface area contributed by atoms with Crippen LogP contribution in [0.15, 0.2) is 72.8 Å². The van der Waals surface area contributed by atoms with Crippen molar-refractivity contribution in [3.05, 3.63) is 101 Å². The van der Waals surface area contributed by atoms with E-state index in [-0.39, 0.29) is 22.8 Å². The Morgan fingerprint density at radius 2 is 1.50 bits per heavy atom. The summed E-state index contributed by atoms with van der Waals surface area (Å²) in [5, 5.41) is 0. The number of carbonyl (C=O) groups excluding carboxylic acids is 3. The fourth-order valence-corrected chi connectivity index (χ4v) is 4.03. The Balaban J connectivity index is 1.51. The molecule has 0 saturated carbocycles. The van der Waals surface area contributed by atoms with Crippen LogP contribution in [-0.2, 0) is 17.6 Å². The predicted molar refractivity (Wildman–Crippen MR) is 123 cm³/mol. The molecule has 32 heavy (non-hydrogen) atoms. The van der Waals surface area contributed by atoms with Crippen molar-refractivity contribution in [2.75, 3.05) is 11.9 Å². The van der Waals surface area contributed by atoms with Crippen LogP contribution in [0.3, 0.4) is 0 Å². The Labute approximate surface area is 187 Å². The number of benzene rings is 3. The summed E-state index contributed by atoms with van der Waals surface area (Å²) in [5.74, 6) is -1.28. The van der Waals surface area contributed by atoms with Gasteiger partial charge in [-0.05, 0) is 67.6 Å². The molecule has 1 aliphatic carbocycles. The lowest BCUT2D eigenvalue weighted by molar-refractivity contribution is 0.0317. The van der Waals surface area contributed by atoms with Crippen LogP contribution in [0.5, 0.6) is 0 Å². The number of ether oxygens (including phenoxy) is 1. The second-order valence-corrected chi connectivity index (χ2v) is 7.99. The molecule has 1 unspecified atom stereocenters. The molecule has 0 fully saturated rings. The Morgan fingerprint density at radius 3 is 2.25 bits per heavy atom. The lowest BCUT2D eigenvalue weighted by atomic mass is 10.0. The second-order valence-electron chi connectivity index (χ2n) is 7.99. The molecule has 4 rings (SSSR count). The Hall–Kier alpha value is -3.73. The molecule has 1 atom stereocenters. The third kappa shape index (κ3) is 4.33. The van der Waals surface area contributed by atoms with Crippen LogP contribution < -0.4 is 4.90 Å². The Morgan fingerprint density at radius 1 is 0.844 bits per heavy atom. The summed E-state index contributed by atoms with van der Waals surface area (Å²) in [6.07, 6.45) is 2.14. The summed E-state index contributed by atoms with van der Waals surface area (Å²) in [7, 11) is 1.65. The average Bonchev–Trinajstić information content (AvgIpc) is 3.31. The minimum absolute atomic E-state index is 0.133. The third-order valence-electron chi connectivity index (χ3n) is 5.86. The summed E-state index contributed by atoms with van der Waals surface area (Å²) in [6.45, 7) is 1.56. The smallest absolute Gasteiger partial charge is 0.339 e. The lowest BCUT2D eigenvalue weighted by Crippen LogP contribution is -2.29. The maximum atomic E-state index is 13.1. The largest absolute Gasteiger partial charge is 0.451 e. The zero-order valence-electron chi connectivity index (χ0n) is 18.2. The molecule has 162 valence electrons. The molecule has 0 aromatic heterocycles. The Kier molecular flexibility index (Phi) is 6.17. The topological polar surface area (TPSA) is 63.7 Å². The number of Topliss-reactive ketones (excluding diaryl/α,β-unsaturated/α-hetero) is 1. The normalized spacial score (nSPS) is 13.2. The quantitative estimate of drug-likeness (QED) is 0.415. The summed E-state index contributed by atoms with van der Waals surface area (Å²) < 4.78 is 5.49. The number of ketones is 1. The van der Waals surface area contributed by atoms with Gasteiger partial charge in [0.2, 0.25) is 5.78 Å². The molecule has 1 amide bonds. The number of fused-ring (bicyclic) bond motifs is 1. The van der Waals surface area contributed by atoms with E-state index in [0.717, 1.165) is 19.3 Å². The molecule has 0 radical (unpaired) electrons. The van der Waals surface area contributed by atoms with E-state index in [2.05, 4.69) is 0 Å². The number of hydrogen-bond acceptors (Lipinski definition) is 4. The second kappa shape index (κ2) is 9.18. The van der Waals surface area contributed by atoms with Gasteiger partial charge in [-0.3, -0.25) is 9.59 Å². The van der Waals surface area contributed by atoms with E-state index < -0.39 is 12.1 Å². The van der Waals surface area contributed by atoms with Crippen molar-refractivity contribution < 1.29 is 19.1 Å². The van der Waals surface area contributed by atoms with E-state index in [1.54, 1.807) is 44.3 Å². The van der Waals surface area contributed by atoms with E-state index >= 15 is 0 Å². The number of esters is 1. The average molecular weight is 428 g/mol. The predicted octanol–water partition coefficient (Wildman–Crippen LogP) is 4.88. The zero-order valence-corrected chi connectivity index (χ0v) is 18.2. The van der Waals surface area contributed by atoms with E-state index in [9.17, 15) is 14.4 Å². The van der Waals surface area contributed by atoms with Gasteiger partial charge in [0.05, 0.1) is 11.1 Å². The third-order valence-corrected chi connectivity index (χ3v) is 5.86. The molecule has 5 nitrogen and oxygen atoms in total. The molecular formula is C27H25NO4. The SMILES string of the molecule is CC(OC(=O)c1ccccc1C(=O)N(C)c1ccccc1)C(=O)c1ccc2c(c1)CCC2. The van der Waals surface area contributed by atoms with E-state index in [0.29, 0.717) is 11.3 Å². The highest BCUT2D eigenvalue weighted by Crippen LogP contribution is 2.24. The minimum Gasteiger partial charge on any atom is -0.451 e. The summed E-state index contributed by atoms with van der Waals surface area (Å²) in [5.41, 5.74) is 4.07. The van der Waals surface area contributed by atoms with Crippen molar-refractivity contribution in [3.8, 4) is 0 Å². The molecule has 0 spiro atoms. The van der Waals surface area contributed by atoms with Gasteiger partial charge in [0, 0.05) is 18.3 Å². The highest BCUT2D eigenvalue weighted by Gasteiger charge is 2.26. The first-order chi connectivity index (χ1) is 15.5. The molecule has 0 saturated heterocycles. The monoisotopic (exact) mass is 427 g/mol. The van der Waals surface area contributed by atoms with Gasteiger partial charge in [-0.1, -0.05) is 42.5 Å². The van der Waals surface area contributed by atoms with Crippen LogP contribution in [0.1, 0.15) is 55.5 Å². The highest BCUT2D eigenvalue weighted by atomic mass is 16.5. The van der Waals surface area contributed by atoms with Crippen molar-refractivity contribution in [2.45, 2.75) is 32.3 Å². The number of hydrogen-bond donors (Lipinski definition) is 0. The molecule has 3 aromatic carbocycles. The molecule has 0 heterocycles. The summed E-state index contributed by atoms with van der Waals surface area (Å²) in [6, 6.07) is 21.4. The van der Waals surface area contributed by atoms with Crippen molar-refractivity contribution in [1.82, 2.24) is 0 Å². The van der Waals surface area contributed by atoms with E-state index in [1.807, 2.05) is 42.5 Å². The van der Waals surface area contributed by atoms with Crippen molar-refractivity contribution >= 4 is 23.3 Å². The number of aryl methyl sites for hydroxylation is 2. The highest BCUT2D eigenvalue weighted by molar-refractivity contribution is 6.12. The van der Waals surface area contributed by atoms with Gasteiger partial charge in [0.25, 0.3) is 5.91 Å². The minimum atomic E-state index is -0.961. The van der Waals surface area contributed by atoms with Crippen LogP contribution >= 0.6 is 0 Å². The molecule has 3 aromatic rings. The number of anilines is 1. The van der Waals surface area contributed by atoms with Gasteiger partial charge in [-0.25, -0.2) is 4.79 Å². The maximum absolute atomic E-state index is 13.1. The number of amides is 1. The van der Waals surface area contributed by atoms with Crippen LogP contribution in [0.2, 0.25) is 0 Å². The number of rotatable bonds is 6. The molecular weight excluding hydrogens is 402 g/mol. The van der Waals surface area contributed by atoms with Gasteiger partial charge in [0.1, 0.15) is 0 Å². The van der Waals surface area contributed by atoms with Crippen LogP contribution in [0.25, 0.3) is 0 Å².